The predicted octanol–water partition coefficient (Wildman–Crippen LogP) is 6.07. The third-order valence-corrected chi connectivity index (χ3v) is 5.17. The van der Waals surface area contributed by atoms with Gasteiger partial charge in [-0.3, -0.25) is 0 Å². The van der Waals surface area contributed by atoms with Crippen LogP contribution in [0.5, 0.6) is 0 Å². The second-order valence-electron chi connectivity index (χ2n) is 4.68. The molecule has 0 amide bonds. The Morgan fingerprint density at radius 2 is 1.68 bits per heavy atom. The molecular formula is C15H12Br3N. The molecule has 0 bridgehead atoms. The number of aryl methyl sites for hydroxylation is 1. The summed E-state index contributed by atoms with van der Waals surface area (Å²) >= 11 is 10.7. The average Bonchev–Trinajstić information content (AvgIpc) is 2.77. The molecule has 0 radical (unpaired) electrons. The zero-order valence-corrected chi connectivity index (χ0v) is 14.8. The summed E-state index contributed by atoms with van der Waals surface area (Å²) < 4.78 is 3.19. The number of hydrogen-bond donors (Lipinski definition) is 1. The highest BCUT2D eigenvalue weighted by atomic mass is 79.9. The molecule has 2 aromatic carbocycles. The van der Waals surface area contributed by atoms with Crippen molar-refractivity contribution in [3.05, 3.63) is 60.9 Å². The van der Waals surface area contributed by atoms with Crippen LogP contribution in [-0.2, 0) is 6.42 Å². The molecule has 98 valence electrons. The molecule has 2 aromatic rings. The summed E-state index contributed by atoms with van der Waals surface area (Å²) in [6, 6.07) is 13.2. The van der Waals surface area contributed by atoms with Crippen molar-refractivity contribution in [2.24, 2.45) is 0 Å². The second kappa shape index (κ2) is 5.58. The Morgan fingerprint density at radius 1 is 1.00 bits per heavy atom. The van der Waals surface area contributed by atoms with E-state index in [-0.39, 0.29) is 0 Å². The summed E-state index contributed by atoms with van der Waals surface area (Å²) in [5, 5.41) is 3.65. The summed E-state index contributed by atoms with van der Waals surface area (Å²) in [5.41, 5.74) is 4.00. The summed E-state index contributed by atoms with van der Waals surface area (Å²) in [4.78, 5) is 0. The lowest BCUT2D eigenvalue weighted by Gasteiger charge is -2.18. The third kappa shape index (κ3) is 2.76. The molecule has 3 rings (SSSR count). The standard InChI is InChI=1S/C15H12Br3N/c16-10-7-12(17)15(13(18)8-10)19-14-6-5-9-3-1-2-4-11(9)14/h1-4,7-8,14,19H,5-6H2. The molecule has 1 aliphatic rings. The van der Waals surface area contributed by atoms with Crippen molar-refractivity contribution in [2.45, 2.75) is 18.9 Å². The smallest absolute Gasteiger partial charge is 0.0634 e. The van der Waals surface area contributed by atoms with Gasteiger partial charge in [0.15, 0.2) is 0 Å². The minimum absolute atomic E-state index is 0.393. The summed E-state index contributed by atoms with van der Waals surface area (Å²) in [7, 11) is 0. The van der Waals surface area contributed by atoms with Crippen LogP contribution in [-0.4, -0.2) is 0 Å². The van der Waals surface area contributed by atoms with Crippen LogP contribution in [0.2, 0.25) is 0 Å². The largest absolute Gasteiger partial charge is 0.376 e. The molecule has 0 fully saturated rings. The van der Waals surface area contributed by atoms with Gasteiger partial charge in [0, 0.05) is 13.4 Å². The summed E-state index contributed by atoms with van der Waals surface area (Å²) in [6.45, 7) is 0. The van der Waals surface area contributed by atoms with E-state index in [4.69, 9.17) is 0 Å². The van der Waals surface area contributed by atoms with Crippen molar-refractivity contribution >= 4 is 53.5 Å². The molecular weight excluding hydrogens is 434 g/mol. The van der Waals surface area contributed by atoms with Gasteiger partial charge in [-0.25, -0.2) is 0 Å². The third-order valence-electron chi connectivity index (χ3n) is 3.46. The first-order valence-corrected chi connectivity index (χ1v) is 8.52. The van der Waals surface area contributed by atoms with E-state index in [0.29, 0.717) is 6.04 Å². The number of anilines is 1. The molecule has 0 heterocycles. The molecule has 0 saturated carbocycles. The Balaban J connectivity index is 1.92. The maximum atomic E-state index is 3.65. The van der Waals surface area contributed by atoms with Crippen LogP contribution >= 0.6 is 47.8 Å². The van der Waals surface area contributed by atoms with Gasteiger partial charge in [0.05, 0.1) is 11.7 Å². The zero-order chi connectivity index (χ0) is 13.4. The highest BCUT2D eigenvalue weighted by Crippen LogP contribution is 2.40. The van der Waals surface area contributed by atoms with Crippen LogP contribution in [0.4, 0.5) is 5.69 Å². The molecule has 0 spiro atoms. The SMILES string of the molecule is Brc1cc(Br)c(NC2CCc3ccccc32)c(Br)c1. The van der Waals surface area contributed by atoms with Crippen molar-refractivity contribution < 1.29 is 0 Å². The fourth-order valence-corrected chi connectivity index (χ4v) is 5.05. The van der Waals surface area contributed by atoms with Gasteiger partial charge in [-0.2, -0.15) is 0 Å². The topological polar surface area (TPSA) is 12.0 Å². The van der Waals surface area contributed by atoms with Crippen LogP contribution in [0.25, 0.3) is 0 Å². The lowest BCUT2D eigenvalue weighted by molar-refractivity contribution is 0.761. The Bertz CT molecular complexity index is 602. The lowest BCUT2D eigenvalue weighted by atomic mass is 10.1. The Morgan fingerprint density at radius 3 is 2.42 bits per heavy atom. The first-order valence-electron chi connectivity index (χ1n) is 6.14. The van der Waals surface area contributed by atoms with E-state index >= 15 is 0 Å². The maximum absolute atomic E-state index is 3.65. The van der Waals surface area contributed by atoms with Gasteiger partial charge in [-0.1, -0.05) is 40.2 Å². The molecule has 4 heteroatoms. The first kappa shape index (κ1) is 13.7. The van der Waals surface area contributed by atoms with E-state index < -0.39 is 0 Å². The van der Waals surface area contributed by atoms with Crippen molar-refractivity contribution in [1.82, 2.24) is 0 Å². The minimum Gasteiger partial charge on any atom is -0.376 e. The average molecular weight is 446 g/mol. The molecule has 1 atom stereocenters. The minimum atomic E-state index is 0.393. The number of rotatable bonds is 2. The first-order chi connectivity index (χ1) is 9.15. The van der Waals surface area contributed by atoms with Crippen molar-refractivity contribution in [3.8, 4) is 0 Å². The molecule has 0 aliphatic heterocycles. The molecule has 19 heavy (non-hydrogen) atoms. The van der Waals surface area contributed by atoms with E-state index in [2.05, 4.69) is 89.5 Å². The molecule has 1 N–H and O–H groups in total. The van der Waals surface area contributed by atoms with Gasteiger partial charge in [0.25, 0.3) is 0 Å². The Labute approximate surface area is 138 Å². The van der Waals surface area contributed by atoms with Crippen LogP contribution in [0.15, 0.2) is 49.8 Å². The zero-order valence-electron chi connectivity index (χ0n) is 10.1. The van der Waals surface area contributed by atoms with Crippen LogP contribution in [0, 0.1) is 0 Å². The number of halogens is 3. The Hall–Kier alpha value is -0.320. The van der Waals surface area contributed by atoms with E-state index in [9.17, 15) is 0 Å². The van der Waals surface area contributed by atoms with Crippen LogP contribution in [0.3, 0.4) is 0 Å². The van der Waals surface area contributed by atoms with Gasteiger partial charge in [-0.15, -0.1) is 0 Å². The molecule has 1 aliphatic carbocycles. The lowest BCUT2D eigenvalue weighted by Crippen LogP contribution is -2.08. The van der Waals surface area contributed by atoms with Gasteiger partial charge in [0.2, 0.25) is 0 Å². The van der Waals surface area contributed by atoms with Gasteiger partial charge in [-0.05, 0) is 68.0 Å². The van der Waals surface area contributed by atoms with Gasteiger partial charge >= 0.3 is 0 Å². The fourth-order valence-electron chi connectivity index (χ4n) is 2.56. The number of fused-ring (bicyclic) bond motifs is 1. The Kier molecular flexibility index (Phi) is 4.01. The van der Waals surface area contributed by atoms with Gasteiger partial charge in [0.1, 0.15) is 0 Å². The molecule has 1 unspecified atom stereocenters. The fraction of sp³-hybridized carbons (Fsp3) is 0.200. The second-order valence-corrected chi connectivity index (χ2v) is 7.30. The number of benzene rings is 2. The highest BCUT2D eigenvalue weighted by Gasteiger charge is 2.23. The van der Waals surface area contributed by atoms with E-state index in [1.165, 1.54) is 11.1 Å². The summed E-state index contributed by atoms with van der Waals surface area (Å²) in [6.07, 6.45) is 2.30. The number of nitrogens with one attached hydrogen (secondary N) is 1. The molecule has 0 aromatic heterocycles. The number of hydrogen-bond acceptors (Lipinski definition) is 1. The quantitative estimate of drug-likeness (QED) is 0.591. The van der Waals surface area contributed by atoms with Crippen molar-refractivity contribution in [1.29, 1.82) is 0 Å². The van der Waals surface area contributed by atoms with E-state index in [0.717, 1.165) is 31.9 Å². The molecule has 1 nitrogen and oxygen atoms in total. The summed E-state index contributed by atoms with van der Waals surface area (Å²) in [5.74, 6) is 0. The van der Waals surface area contributed by atoms with Crippen LogP contribution in [0.1, 0.15) is 23.6 Å². The highest BCUT2D eigenvalue weighted by molar-refractivity contribution is 9.11. The van der Waals surface area contributed by atoms with Crippen molar-refractivity contribution in [3.63, 3.8) is 0 Å². The van der Waals surface area contributed by atoms with E-state index in [1.54, 1.807) is 0 Å². The normalized spacial score (nSPS) is 17.3. The monoisotopic (exact) mass is 443 g/mol. The maximum Gasteiger partial charge on any atom is 0.0634 e. The van der Waals surface area contributed by atoms with Crippen molar-refractivity contribution in [2.75, 3.05) is 5.32 Å². The molecule has 0 saturated heterocycles. The van der Waals surface area contributed by atoms with Gasteiger partial charge < -0.3 is 5.32 Å². The van der Waals surface area contributed by atoms with E-state index in [1.807, 2.05) is 0 Å². The predicted molar refractivity (Wildman–Crippen MR) is 90.7 cm³/mol. The van der Waals surface area contributed by atoms with Crippen LogP contribution < -0.4 is 5.32 Å².